The first-order valence-electron chi connectivity index (χ1n) is 10.0. The van der Waals surface area contributed by atoms with E-state index < -0.39 is 0 Å². The van der Waals surface area contributed by atoms with Gasteiger partial charge in [0.15, 0.2) is 0 Å². The molecule has 1 fully saturated rings. The van der Waals surface area contributed by atoms with Crippen LogP contribution in [0.5, 0.6) is 0 Å². The van der Waals surface area contributed by atoms with E-state index in [1.54, 1.807) is 6.20 Å². The van der Waals surface area contributed by atoms with E-state index in [0.29, 0.717) is 19.0 Å². The van der Waals surface area contributed by atoms with E-state index in [9.17, 15) is 4.79 Å². The normalized spacial score (nSPS) is 17.2. The Hall–Kier alpha value is -2.70. The molecule has 0 bridgehead atoms. The van der Waals surface area contributed by atoms with Crippen molar-refractivity contribution in [2.24, 2.45) is 0 Å². The quantitative estimate of drug-likeness (QED) is 0.681. The molecule has 7 nitrogen and oxygen atoms in total. The Labute approximate surface area is 165 Å². The molecule has 1 aliphatic rings. The third-order valence-electron chi connectivity index (χ3n) is 5.58. The van der Waals surface area contributed by atoms with Crippen LogP contribution in [0, 0.1) is 13.8 Å². The highest BCUT2D eigenvalue weighted by atomic mass is 16.2. The van der Waals surface area contributed by atoms with Gasteiger partial charge in [-0.15, -0.1) is 0 Å². The maximum Gasteiger partial charge on any atom is 0.224 e. The Morgan fingerprint density at radius 2 is 2.14 bits per heavy atom. The molecule has 3 aromatic heterocycles. The van der Waals surface area contributed by atoms with Crippen molar-refractivity contribution in [2.75, 3.05) is 13.1 Å². The Morgan fingerprint density at radius 1 is 1.32 bits per heavy atom. The molecule has 1 saturated heterocycles. The molecule has 4 rings (SSSR count). The highest BCUT2D eigenvalue weighted by Crippen LogP contribution is 2.31. The number of carbonyl (C=O) groups excluding carboxylic acids is 1. The highest BCUT2D eigenvalue weighted by molar-refractivity contribution is 5.77. The summed E-state index contributed by atoms with van der Waals surface area (Å²) in [6.45, 7) is 10.5. The first-order valence-corrected chi connectivity index (χ1v) is 10.0. The SMILES string of the molecule is Cc1cc(C)n(CCC(=O)N2CCC(c3nc4ccncc4n3C(C)C)C2)n1. The van der Waals surface area contributed by atoms with Crippen molar-refractivity contribution in [3.05, 3.63) is 41.7 Å². The molecule has 0 N–H and O–H groups in total. The van der Waals surface area contributed by atoms with E-state index in [1.807, 2.05) is 41.8 Å². The number of hydrogen-bond acceptors (Lipinski definition) is 4. The molecule has 28 heavy (non-hydrogen) atoms. The standard InChI is InChI=1S/C21H28N6O/c1-14(2)27-19-12-22-8-5-18(19)23-21(27)17-6-9-25(13-17)20(28)7-10-26-16(4)11-15(3)24-26/h5,8,11-12,14,17H,6-7,9-10,13H2,1-4H3. The van der Waals surface area contributed by atoms with Crippen molar-refractivity contribution < 1.29 is 4.79 Å². The Balaban J connectivity index is 1.47. The second-order valence-electron chi connectivity index (χ2n) is 8.02. The molecule has 4 heterocycles. The van der Waals surface area contributed by atoms with Crippen molar-refractivity contribution in [3.63, 3.8) is 0 Å². The van der Waals surface area contributed by atoms with Crippen LogP contribution >= 0.6 is 0 Å². The lowest BCUT2D eigenvalue weighted by atomic mass is 10.1. The predicted molar refractivity (Wildman–Crippen MR) is 108 cm³/mol. The summed E-state index contributed by atoms with van der Waals surface area (Å²) in [6, 6.07) is 4.31. The molecule has 0 radical (unpaired) electrons. The van der Waals surface area contributed by atoms with Crippen LogP contribution in [0.2, 0.25) is 0 Å². The molecule has 3 aromatic rings. The van der Waals surface area contributed by atoms with E-state index >= 15 is 0 Å². The van der Waals surface area contributed by atoms with Crippen LogP contribution in [0.1, 0.15) is 55.9 Å². The molecular weight excluding hydrogens is 352 g/mol. The fourth-order valence-corrected chi connectivity index (χ4v) is 4.25. The summed E-state index contributed by atoms with van der Waals surface area (Å²) < 4.78 is 4.20. The van der Waals surface area contributed by atoms with Gasteiger partial charge in [0, 0.05) is 49.9 Å². The number of likely N-dealkylation sites (tertiary alicyclic amines) is 1. The summed E-state index contributed by atoms with van der Waals surface area (Å²) in [6.07, 6.45) is 5.11. The molecule has 1 atom stereocenters. The Bertz CT molecular complexity index is 1000. The highest BCUT2D eigenvalue weighted by Gasteiger charge is 2.31. The van der Waals surface area contributed by atoms with E-state index in [4.69, 9.17) is 4.98 Å². The topological polar surface area (TPSA) is 68.8 Å². The minimum Gasteiger partial charge on any atom is -0.342 e. The van der Waals surface area contributed by atoms with Crippen molar-refractivity contribution in [3.8, 4) is 0 Å². The molecule has 1 aliphatic heterocycles. The maximum atomic E-state index is 12.8. The molecular formula is C21H28N6O. The molecule has 0 aromatic carbocycles. The van der Waals surface area contributed by atoms with Gasteiger partial charge in [-0.1, -0.05) is 0 Å². The zero-order chi connectivity index (χ0) is 19.8. The first kappa shape index (κ1) is 18.7. The molecule has 0 spiro atoms. The number of pyridine rings is 1. The van der Waals surface area contributed by atoms with Gasteiger partial charge in [0.05, 0.1) is 22.9 Å². The number of hydrogen-bond donors (Lipinski definition) is 0. The van der Waals surface area contributed by atoms with Gasteiger partial charge in [0.1, 0.15) is 5.82 Å². The van der Waals surface area contributed by atoms with Crippen LogP contribution < -0.4 is 0 Å². The van der Waals surface area contributed by atoms with Crippen LogP contribution in [0.4, 0.5) is 0 Å². The van der Waals surface area contributed by atoms with Gasteiger partial charge in [0.2, 0.25) is 5.91 Å². The van der Waals surface area contributed by atoms with Crippen LogP contribution in [-0.4, -0.2) is 48.2 Å². The number of rotatable bonds is 5. The summed E-state index contributed by atoms with van der Waals surface area (Å²) in [5, 5.41) is 4.45. The van der Waals surface area contributed by atoms with Gasteiger partial charge in [-0.2, -0.15) is 5.10 Å². The molecule has 148 valence electrons. The summed E-state index contributed by atoms with van der Waals surface area (Å²) in [5.41, 5.74) is 4.15. The van der Waals surface area contributed by atoms with Gasteiger partial charge >= 0.3 is 0 Å². The van der Waals surface area contributed by atoms with Crippen LogP contribution in [0.15, 0.2) is 24.5 Å². The summed E-state index contributed by atoms with van der Waals surface area (Å²) in [5.74, 6) is 1.54. The lowest BCUT2D eigenvalue weighted by Gasteiger charge is -2.19. The zero-order valence-corrected chi connectivity index (χ0v) is 17.1. The van der Waals surface area contributed by atoms with Crippen LogP contribution in [-0.2, 0) is 11.3 Å². The monoisotopic (exact) mass is 380 g/mol. The van der Waals surface area contributed by atoms with Crippen LogP contribution in [0.25, 0.3) is 11.0 Å². The van der Waals surface area contributed by atoms with E-state index in [1.165, 1.54) is 0 Å². The summed E-state index contributed by atoms with van der Waals surface area (Å²) in [4.78, 5) is 23.9. The first-order chi connectivity index (χ1) is 13.4. The number of amides is 1. The second kappa shape index (κ2) is 7.37. The predicted octanol–water partition coefficient (Wildman–Crippen LogP) is 3.23. The number of nitrogens with zero attached hydrogens (tertiary/aromatic N) is 6. The van der Waals surface area contributed by atoms with Gasteiger partial charge in [-0.3, -0.25) is 14.5 Å². The lowest BCUT2D eigenvalue weighted by Crippen LogP contribution is -2.29. The van der Waals surface area contributed by atoms with Crippen LogP contribution in [0.3, 0.4) is 0 Å². The smallest absolute Gasteiger partial charge is 0.224 e. The van der Waals surface area contributed by atoms with E-state index in [2.05, 4.69) is 28.5 Å². The molecule has 0 saturated carbocycles. The third-order valence-corrected chi connectivity index (χ3v) is 5.58. The minimum atomic E-state index is 0.198. The van der Waals surface area contributed by atoms with Gasteiger partial charge < -0.3 is 9.47 Å². The van der Waals surface area contributed by atoms with Crippen molar-refractivity contribution in [2.45, 2.75) is 59.0 Å². The zero-order valence-electron chi connectivity index (χ0n) is 17.1. The third kappa shape index (κ3) is 3.41. The van der Waals surface area contributed by atoms with E-state index in [-0.39, 0.29) is 11.8 Å². The molecule has 1 unspecified atom stereocenters. The Morgan fingerprint density at radius 3 is 2.86 bits per heavy atom. The fourth-order valence-electron chi connectivity index (χ4n) is 4.25. The lowest BCUT2D eigenvalue weighted by molar-refractivity contribution is -0.130. The largest absolute Gasteiger partial charge is 0.342 e. The number of aromatic nitrogens is 5. The van der Waals surface area contributed by atoms with E-state index in [0.717, 1.165) is 47.8 Å². The van der Waals surface area contributed by atoms with Crippen molar-refractivity contribution in [1.29, 1.82) is 0 Å². The maximum absolute atomic E-state index is 12.8. The number of fused-ring (bicyclic) bond motifs is 1. The minimum absolute atomic E-state index is 0.198. The van der Waals surface area contributed by atoms with Crippen molar-refractivity contribution in [1.82, 2.24) is 29.2 Å². The summed E-state index contributed by atoms with van der Waals surface area (Å²) in [7, 11) is 0. The summed E-state index contributed by atoms with van der Waals surface area (Å²) >= 11 is 0. The number of carbonyl (C=O) groups is 1. The molecule has 1 amide bonds. The average molecular weight is 380 g/mol. The Kier molecular flexibility index (Phi) is 4.91. The second-order valence-corrected chi connectivity index (χ2v) is 8.02. The van der Waals surface area contributed by atoms with Gasteiger partial charge in [0.25, 0.3) is 0 Å². The average Bonchev–Trinajstić information content (AvgIpc) is 3.35. The van der Waals surface area contributed by atoms with Gasteiger partial charge in [-0.05, 0) is 46.2 Å². The van der Waals surface area contributed by atoms with Gasteiger partial charge in [-0.25, -0.2) is 4.98 Å². The number of imidazole rings is 1. The number of aryl methyl sites for hydroxylation is 3. The fraction of sp³-hybridized carbons (Fsp3) is 0.524. The molecule has 0 aliphatic carbocycles. The van der Waals surface area contributed by atoms with Crippen molar-refractivity contribution >= 4 is 16.9 Å². The molecule has 7 heteroatoms.